The first-order valence-corrected chi connectivity index (χ1v) is 11.5. The Hall–Kier alpha value is -2.35. The van der Waals surface area contributed by atoms with Crippen LogP contribution in [-0.2, 0) is 6.54 Å². The normalized spacial score (nSPS) is 16.0. The van der Waals surface area contributed by atoms with Crippen molar-refractivity contribution in [1.82, 2.24) is 25.2 Å². The van der Waals surface area contributed by atoms with E-state index in [4.69, 9.17) is 0 Å². The lowest BCUT2D eigenvalue weighted by atomic mass is 10.1. The third-order valence-corrected chi connectivity index (χ3v) is 6.44. The molecule has 0 bridgehead atoms. The molecule has 0 saturated carbocycles. The second-order valence-corrected chi connectivity index (χ2v) is 8.81. The molecule has 2 aromatic heterocycles. The fourth-order valence-corrected chi connectivity index (χ4v) is 4.48. The minimum Gasteiger partial charge on any atom is -0.369 e. The first-order valence-electron chi connectivity index (χ1n) is 10.7. The predicted octanol–water partition coefficient (Wildman–Crippen LogP) is 3.60. The molecule has 1 aliphatic heterocycles. The Morgan fingerprint density at radius 1 is 1.10 bits per heavy atom. The van der Waals surface area contributed by atoms with E-state index in [0.29, 0.717) is 11.9 Å². The van der Waals surface area contributed by atoms with Crippen molar-refractivity contribution in [2.24, 2.45) is 0 Å². The van der Waals surface area contributed by atoms with Crippen molar-refractivity contribution < 1.29 is 0 Å². The third kappa shape index (κ3) is 5.62. The van der Waals surface area contributed by atoms with Crippen LogP contribution in [0.1, 0.15) is 24.6 Å². The van der Waals surface area contributed by atoms with Gasteiger partial charge in [0.2, 0.25) is 0 Å². The van der Waals surface area contributed by atoms with Crippen LogP contribution in [0.4, 0.5) is 5.69 Å². The van der Waals surface area contributed by atoms with Crippen molar-refractivity contribution >= 4 is 17.0 Å². The molecule has 7 heteroatoms. The number of rotatable bonds is 8. The molecule has 1 aromatic carbocycles. The van der Waals surface area contributed by atoms with Gasteiger partial charge in [-0.3, -0.25) is 4.90 Å². The summed E-state index contributed by atoms with van der Waals surface area (Å²) < 4.78 is 0. The molecule has 30 heavy (non-hydrogen) atoms. The fraction of sp³-hybridized carbons (Fsp3) is 0.435. The monoisotopic (exact) mass is 422 g/mol. The van der Waals surface area contributed by atoms with Gasteiger partial charge in [-0.05, 0) is 50.6 Å². The largest absolute Gasteiger partial charge is 0.369 e. The number of piperazine rings is 1. The van der Waals surface area contributed by atoms with Crippen LogP contribution in [0.25, 0.3) is 10.8 Å². The lowest BCUT2D eigenvalue weighted by Gasteiger charge is -2.36. The standard InChI is InChI=1S/C23H30N6S/c1-18-5-3-6-21(15-18)29-13-11-28(12-14-29)10-7-19(2)26-16-20-17-30-23(27-20)22-24-8-4-9-25-22/h3-6,8-9,15,17,19,26H,7,10-14,16H2,1-2H3/t19-/m0/s1. The van der Waals surface area contributed by atoms with Gasteiger partial charge in [0.15, 0.2) is 10.8 Å². The molecule has 3 heterocycles. The number of benzene rings is 1. The molecule has 0 spiro atoms. The molecule has 1 atom stereocenters. The van der Waals surface area contributed by atoms with E-state index in [1.54, 1.807) is 23.7 Å². The average molecular weight is 423 g/mol. The quantitative estimate of drug-likeness (QED) is 0.599. The highest BCUT2D eigenvalue weighted by atomic mass is 32.1. The topological polar surface area (TPSA) is 57.2 Å². The van der Waals surface area contributed by atoms with Crippen molar-refractivity contribution in [3.05, 3.63) is 59.4 Å². The maximum absolute atomic E-state index is 4.66. The summed E-state index contributed by atoms with van der Waals surface area (Å²) in [6.07, 6.45) is 4.65. The average Bonchev–Trinajstić information content (AvgIpc) is 3.26. The van der Waals surface area contributed by atoms with Gasteiger partial charge in [0.1, 0.15) is 0 Å². The number of hydrogen-bond acceptors (Lipinski definition) is 7. The molecule has 4 rings (SSSR count). The Labute approximate surface area is 183 Å². The minimum absolute atomic E-state index is 0.456. The molecular weight excluding hydrogens is 392 g/mol. The SMILES string of the molecule is Cc1cccc(N2CCN(CC[C@H](C)NCc3csc(-c4ncccn4)n3)CC2)c1. The number of anilines is 1. The predicted molar refractivity (Wildman–Crippen MR) is 124 cm³/mol. The fourth-order valence-electron chi connectivity index (χ4n) is 3.71. The van der Waals surface area contributed by atoms with Crippen molar-refractivity contribution in [1.29, 1.82) is 0 Å². The molecule has 0 aliphatic carbocycles. The zero-order chi connectivity index (χ0) is 20.8. The van der Waals surface area contributed by atoms with Crippen molar-refractivity contribution in [2.75, 3.05) is 37.6 Å². The molecule has 0 unspecified atom stereocenters. The Bertz CT molecular complexity index is 920. The van der Waals surface area contributed by atoms with Crippen LogP contribution in [0.5, 0.6) is 0 Å². The number of nitrogens with zero attached hydrogens (tertiary/aromatic N) is 5. The van der Waals surface area contributed by atoms with E-state index in [1.165, 1.54) is 11.3 Å². The first kappa shape index (κ1) is 20.9. The number of aryl methyl sites for hydroxylation is 1. The van der Waals surface area contributed by atoms with Gasteiger partial charge >= 0.3 is 0 Å². The number of thiazole rings is 1. The Kier molecular flexibility index (Phi) is 7.04. The van der Waals surface area contributed by atoms with Gasteiger partial charge in [0.25, 0.3) is 0 Å². The second kappa shape index (κ2) is 10.1. The highest BCUT2D eigenvalue weighted by Gasteiger charge is 2.17. The smallest absolute Gasteiger partial charge is 0.188 e. The number of nitrogens with one attached hydrogen (secondary N) is 1. The van der Waals surface area contributed by atoms with Crippen LogP contribution >= 0.6 is 11.3 Å². The molecule has 158 valence electrons. The molecule has 0 radical (unpaired) electrons. The maximum Gasteiger partial charge on any atom is 0.188 e. The zero-order valence-electron chi connectivity index (χ0n) is 17.8. The molecule has 1 aliphatic rings. The Morgan fingerprint density at radius 2 is 1.90 bits per heavy atom. The minimum atomic E-state index is 0.456. The van der Waals surface area contributed by atoms with Crippen LogP contribution in [-0.4, -0.2) is 58.6 Å². The summed E-state index contributed by atoms with van der Waals surface area (Å²) in [5, 5.41) is 6.58. The Balaban J connectivity index is 1.17. The van der Waals surface area contributed by atoms with Crippen LogP contribution < -0.4 is 10.2 Å². The number of aromatic nitrogens is 3. The van der Waals surface area contributed by atoms with E-state index >= 15 is 0 Å². The van der Waals surface area contributed by atoms with Gasteiger partial charge in [-0.15, -0.1) is 11.3 Å². The van der Waals surface area contributed by atoms with Gasteiger partial charge in [-0.25, -0.2) is 15.0 Å². The van der Waals surface area contributed by atoms with E-state index in [0.717, 1.165) is 56.4 Å². The van der Waals surface area contributed by atoms with E-state index in [9.17, 15) is 0 Å². The van der Waals surface area contributed by atoms with Crippen molar-refractivity contribution in [3.63, 3.8) is 0 Å². The Morgan fingerprint density at radius 3 is 2.67 bits per heavy atom. The zero-order valence-corrected chi connectivity index (χ0v) is 18.6. The first-order chi connectivity index (χ1) is 14.7. The summed E-state index contributed by atoms with van der Waals surface area (Å²) in [5.41, 5.74) is 3.74. The summed E-state index contributed by atoms with van der Waals surface area (Å²) in [7, 11) is 0. The summed E-state index contributed by atoms with van der Waals surface area (Å²) in [5.74, 6) is 0.701. The summed E-state index contributed by atoms with van der Waals surface area (Å²) in [6.45, 7) is 10.8. The molecule has 6 nitrogen and oxygen atoms in total. The van der Waals surface area contributed by atoms with E-state index in [1.807, 2.05) is 6.07 Å². The molecular formula is C23H30N6S. The molecule has 0 amide bonds. The third-order valence-electron chi connectivity index (χ3n) is 5.56. The molecule has 3 aromatic rings. The van der Waals surface area contributed by atoms with E-state index in [-0.39, 0.29) is 0 Å². The second-order valence-electron chi connectivity index (χ2n) is 7.95. The molecule has 1 saturated heterocycles. The van der Waals surface area contributed by atoms with E-state index < -0.39 is 0 Å². The molecule has 1 N–H and O–H groups in total. The number of hydrogen-bond donors (Lipinski definition) is 1. The summed E-state index contributed by atoms with van der Waals surface area (Å²) in [4.78, 5) is 18.3. The molecule has 1 fully saturated rings. The van der Waals surface area contributed by atoms with Crippen LogP contribution in [0.15, 0.2) is 48.1 Å². The van der Waals surface area contributed by atoms with Crippen LogP contribution in [0, 0.1) is 6.92 Å². The maximum atomic E-state index is 4.66. The highest BCUT2D eigenvalue weighted by molar-refractivity contribution is 7.13. The van der Waals surface area contributed by atoms with Gasteiger partial charge in [0.05, 0.1) is 5.69 Å². The van der Waals surface area contributed by atoms with Gasteiger partial charge in [0, 0.05) is 62.2 Å². The van der Waals surface area contributed by atoms with Crippen molar-refractivity contribution in [3.8, 4) is 10.8 Å². The highest BCUT2D eigenvalue weighted by Crippen LogP contribution is 2.20. The lowest BCUT2D eigenvalue weighted by Crippen LogP contribution is -2.47. The van der Waals surface area contributed by atoms with Gasteiger partial charge < -0.3 is 10.2 Å². The lowest BCUT2D eigenvalue weighted by molar-refractivity contribution is 0.244. The van der Waals surface area contributed by atoms with Gasteiger partial charge in [-0.1, -0.05) is 12.1 Å². The van der Waals surface area contributed by atoms with Crippen LogP contribution in [0.3, 0.4) is 0 Å². The van der Waals surface area contributed by atoms with Crippen LogP contribution in [0.2, 0.25) is 0 Å². The van der Waals surface area contributed by atoms with Gasteiger partial charge in [-0.2, -0.15) is 0 Å². The summed E-state index contributed by atoms with van der Waals surface area (Å²) in [6, 6.07) is 11.1. The van der Waals surface area contributed by atoms with E-state index in [2.05, 4.69) is 73.6 Å². The summed E-state index contributed by atoms with van der Waals surface area (Å²) >= 11 is 1.60. The van der Waals surface area contributed by atoms with Crippen molar-refractivity contribution in [2.45, 2.75) is 32.9 Å².